The van der Waals surface area contributed by atoms with Gasteiger partial charge in [0.15, 0.2) is 5.70 Å². The minimum absolute atomic E-state index is 0.173. The van der Waals surface area contributed by atoms with Crippen molar-refractivity contribution in [3.8, 4) is 0 Å². The average Bonchev–Trinajstić information content (AvgIpc) is 2.51. The monoisotopic (exact) mass is 329 g/mol. The van der Waals surface area contributed by atoms with Crippen LogP contribution in [-0.4, -0.2) is 11.0 Å². The summed E-state index contributed by atoms with van der Waals surface area (Å²) in [5.41, 5.74) is 1.79. The van der Waals surface area contributed by atoms with Crippen molar-refractivity contribution in [2.24, 2.45) is 10.2 Å². The van der Waals surface area contributed by atoms with Gasteiger partial charge in [-0.1, -0.05) is 41.9 Å². The molecule has 5 nitrogen and oxygen atoms in total. The lowest BCUT2D eigenvalue weighted by Crippen LogP contribution is -2.15. The van der Waals surface area contributed by atoms with Crippen LogP contribution in [-0.2, 0) is 4.79 Å². The number of carbonyl (C=O) groups excluding carboxylic acids is 1. The first-order valence-corrected chi connectivity index (χ1v) is 7.30. The van der Waals surface area contributed by atoms with E-state index in [9.17, 15) is 9.90 Å². The standard InChI is InChI=1S/C17H16ClN3O2/c1-11-7-3-5-9-14(11)19-17(23)16(12(2)22)21-20-15-10-6-4-8-13(15)18/h3-10,22H,1-2H3,(H,19,23)/b16-12-,21-20?. The summed E-state index contributed by atoms with van der Waals surface area (Å²) in [6.45, 7) is 3.24. The fourth-order valence-electron chi connectivity index (χ4n) is 1.81. The maximum absolute atomic E-state index is 12.3. The van der Waals surface area contributed by atoms with E-state index in [4.69, 9.17) is 11.6 Å². The molecule has 1 amide bonds. The molecule has 0 bridgehead atoms. The number of halogens is 1. The highest BCUT2D eigenvalue weighted by Crippen LogP contribution is 2.25. The molecule has 0 spiro atoms. The molecule has 6 heteroatoms. The van der Waals surface area contributed by atoms with Gasteiger partial charge in [0.1, 0.15) is 11.4 Å². The fourth-order valence-corrected chi connectivity index (χ4v) is 1.99. The number of aliphatic hydroxyl groups is 1. The van der Waals surface area contributed by atoms with E-state index >= 15 is 0 Å². The number of aliphatic hydroxyl groups excluding tert-OH is 1. The molecule has 0 radical (unpaired) electrons. The van der Waals surface area contributed by atoms with Crippen molar-refractivity contribution < 1.29 is 9.90 Å². The van der Waals surface area contributed by atoms with Crippen LogP contribution < -0.4 is 5.32 Å². The third-order valence-corrected chi connectivity index (χ3v) is 3.38. The summed E-state index contributed by atoms with van der Waals surface area (Å²) in [6.07, 6.45) is 0. The Kier molecular flexibility index (Phi) is 5.49. The van der Waals surface area contributed by atoms with Crippen LogP contribution in [0, 0.1) is 6.92 Å². The Hall–Kier alpha value is -2.66. The van der Waals surface area contributed by atoms with Gasteiger partial charge in [0, 0.05) is 5.69 Å². The number of hydrogen-bond donors (Lipinski definition) is 2. The highest BCUT2D eigenvalue weighted by Gasteiger charge is 2.14. The first-order chi connectivity index (χ1) is 11.0. The van der Waals surface area contributed by atoms with Gasteiger partial charge in [-0.3, -0.25) is 4.79 Å². The number of allylic oxidation sites excluding steroid dienone is 1. The molecule has 0 unspecified atom stereocenters. The molecule has 0 atom stereocenters. The van der Waals surface area contributed by atoms with Gasteiger partial charge in [-0.2, -0.15) is 0 Å². The van der Waals surface area contributed by atoms with Crippen LogP contribution in [0.25, 0.3) is 0 Å². The zero-order valence-corrected chi connectivity index (χ0v) is 13.5. The molecule has 2 rings (SSSR count). The molecule has 23 heavy (non-hydrogen) atoms. The van der Waals surface area contributed by atoms with Gasteiger partial charge in [0.2, 0.25) is 0 Å². The van der Waals surface area contributed by atoms with Gasteiger partial charge >= 0.3 is 0 Å². The van der Waals surface area contributed by atoms with E-state index in [-0.39, 0.29) is 11.5 Å². The molecule has 0 fully saturated rings. The molecule has 0 heterocycles. The zero-order chi connectivity index (χ0) is 16.8. The number of amides is 1. The lowest BCUT2D eigenvalue weighted by molar-refractivity contribution is -0.113. The number of carbonyl (C=O) groups is 1. The van der Waals surface area contributed by atoms with Crippen molar-refractivity contribution in [2.45, 2.75) is 13.8 Å². The second-order valence-electron chi connectivity index (χ2n) is 4.85. The molecule has 0 saturated carbocycles. The van der Waals surface area contributed by atoms with E-state index in [1.165, 1.54) is 6.92 Å². The molecule has 0 aliphatic heterocycles. The van der Waals surface area contributed by atoms with E-state index in [1.54, 1.807) is 30.3 Å². The number of azo groups is 1. The normalized spacial score (nSPS) is 12.1. The van der Waals surface area contributed by atoms with Crippen LogP contribution in [0.1, 0.15) is 12.5 Å². The van der Waals surface area contributed by atoms with Crippen LogP contribution in [0.2, 0.25) is 5.02 Å². The Labute approximate surface area is 139 Å². The van der Waals surface area contributed by atoms with Crippen molar-refractivity contribution >= 4 is 28.9 Å². The fraction of sp³-hybridized carbons (Fsp3) is 0.118. The summed E-state index contributed by atoms with van der Waals surface area (Å²) >= 11 is 5.98. The molecule has 118 valence electrons. The average molecular weight is 330 g/mol. The second kappa shape index (κ2) is 7.56. The molecule has 0 aliphatic rings. The summed E-state index contributed by atoms with van der Waals surface area (Å²) in [4.78, 5) is 12.3. The Balaban J connectivity index is 2.23. The smallest absolute Gasteiger partial charge is 0.279 e. The number of para-hydroxylation sites is 1. The summed E-state index contributed by atoms with van der Waals surface area (Å²) in [6, 6.07) is 14.2. The van der Waals surface area contributed by atoms with Crippen molar-refractivity contribution in [1.82, 2.24) is 0 Å². The lowest BCUT2D eigenvalue weighted by atomic mass is 10.2. The molecule has 2 aromatic carbocycles. The SMILES string of the molecule is C/C(O)=C(/N=Nc1ccccc1Cl)C(=O)Nc1ccccc1C. The van der Waals surface area contributed by atoms with E-state index in [0.717, 1.165) is 5.56 Å². The van der Waals surface area contributed by atoms with E-state index < -0.39 is 5.91 Å². The lowest BCUT2D eigenvalue weighted by Gasteiger charge is -2.08. The molecule has 0 aliphatic carbocycles. The van der Waals surface area contributed by atoms with Gasteiger partial charge in [-0.15, -0.1) is 10.2 Å². The second-order valence-corrected chi connectivity index (χ2v) is 5.26. The number of aryl methyl sites for hydroxylation is 1. The maximum Gasteiger partial charge on any atom is 0.279 e. The van der Waals surface area contributed by atoms with E-state index in [1.807, 2.05) is 25.1 Å². The minimum Gasteiger partial charge on any atom is -0.510 e. The molecule has 0 saturated heterocycles. The molecule has 2 aromatic rings. The summed E-state index contributed by atoms with van der Waals surface area (Å²) in [5.74, 6) is -0.776. The predicted octanol–water partition coefficient (Wildman–Crippen LogP) is 5.16. The zero-order valence-electron chi connectivity index (χ0n) is 12.7. The number of nitrogens with one attached hydrogen (secondary N) is 1. The van der Waals surface area contributed by atoms with Crippen LogP contribution in [0.15, 0.2) is 70.2 Å². The van der Waals surface area contributed by atoms with Crippen molar-refractivity contribution in [3.63, 3.8) is 0 Å². The van der Waals surface area contributed by atoms with Gasteiger partial charge in [-0.25, -0.2) is 0 Å². The third-order valence-electron chi connectivity index (χ3n) is 3.06. The van der Waals surface area contributed by atoms with Gasteiger partial charge in [0.25, 0.3) is 5.91 Å². The Morgan fingerprint density at radius 3 is 2.43 bits per heavy atom. The van der Waals surface area contributed by atoms with Gasteiger partial charge < -0.3 is 10.4 Å². The molecule has 2 N–H and O–H groups in total. The number of rotatable bonds is 4. The highest BCUT2D eigenvalue weighted by atomic mass is 35.5. The Morgan fingerprint density at radius 1 is 1.13 bits per heavy atom. The van der Waals surface area contributed by atoms with E-state index in [0.29, 0.717) is 16.4 Å². The quantitative estimate of drug-likeness (QED) is 0.462. The largest absolute Gasteiger partial charge is 0.510 e. The van der Waals surface area contributed by atoms with E-state index in [2.05, 4.69) is 15.5 Å². The van der Waals surface area contributed by atoms with Gasteiger partial charge in [-0.05, 0) is 37.6 Å². The summed E-state index contributed by atoms with van der Waals surface area (Å²) in [7, 11) is 0. The minimum atomic E-state index is -0.546. The maximum atomic E-state index is 12.3. The van der Waals surface area contributed by atoms with Crippen LogP contribution in [0.3, 0.4) is 0 Å². The van der Waals surface area contributed by atoms with Crippen molar-refractivity contribution in [3.05, 3.63) is 70.6 Å². The number of hydrogen-bond acceptors (Lipinski definition) is 4. The Morgan fingerprint density at radius 2 is 1.78 bits per heavy atom. The van der Waals surface area contributed by atoms with Crippen molar-refractivity contribution in [2.75, 3.05) is 5.32 Å². The predicted molar refractivity (Wildman–Crippen MR) is 91.1 cm³/mol. The highest BCUT2D eigenvalue weighted by molar-refractivity contribution is 6.32. The first kappa shape index (κ1) is 16.7. The molecular formula is C17H16ClN3O2. The third kappa shape index (κ3) is 4.40. The summed E-state index contributed by atoms with van der Waals surface area (Å²) in [5, 5.41) is 20.6. The first-order valence-electron chi connectivity index (χ1n) is 6.92. The van der Waals surface area contributed by atoms with Crippen molar-refractivity contribution in [1.29, 1.82) is 0 Å². The topological polar surface area (TPSA) is 74.0 Å². The summed E-state index contributed by atoms with van der Waals surface area (Å²) < 4.78 is 0. The Bertz CT molecular complexity index is 781. The van der Waals surface area contributed by atoms with Gasteiger partial charge in [0.05, 0.1) is 5.02 Å². The van der Waals surface area contributed by atoms with Crippen LogP contribution in [0.5, 0.6) is 0 Å². The number of benzene rings is 2. The molecule has 0 aromatic heterocycles. The van der Waals surface area contributed by atoms with Crippen LogP contribution in [0.4, 0.5) is 11.4 Å². The number of anilines is 1. The number of nitrogens with zero attached hydrogens (tertiary/aromatic N) is 2. The molecular weight excluding hydrogens is 314 g/mol. The van der Waals surface area contributed by atoms with Crippen LogP contribution >= 0.6 is 11.6 Å².